The summed E-state index contributed by atoms with van der Waals surface area (Å²) >= 11 is 0. The molecule has 0 amide bonds. The molecule has 0 atom stereocenters. The van der Waals surface area contributed by atoms with Crippen LogP contribution in [-0.2, 0) is 0 Å². The molecule has 41 heavy (non-hydrogen) atoms. The van der Waals surface area contributed by atoms with Gasteiger partial charge in [-0.1, -0.05) is 97.1 Å². The summed E-state index contributed by atoms with van der Waals surface area (Å²) in [7, 11) is 0. The van der Waals surface area contributed by atoms with Crippen LogP contribution in [0.15, 0.2) is 152 Å². The highest BCUT2D eigenvalue weighted by Crippen LogP contribution is 2.36. The third-order valence-corrected chi connectivity index (χ3v) is 7.89. The Bertz CT molecular complexity index is 2200. The number of rotatable bonds is 4. The van der Waals surface area contributed by atoms with E-state index >= 15 is 0 Å². The maximum Gasteiger partial charge on any atom is 0.0781 e. The largest absolute Gasteiger partial charge is 0.309 e. The van der Waals surface area contributed by atoms with E-state index in [9.17, 15) is 0 Å². The van der Waals surface area contributed by atoms with Crippen LogP contribution in [-0.4, -0.2) is 14.5 Å². The summed E-state index contributed by atoms with van der Waals surface area (Å²) < 4.78 is 2.36. The Labute approximate surface area is 238 Å². The molecule has 8 rings (SSSR count). The van der Waals surface area contributed by atoms with Crippen molar-refractivity contribution in [3.05, 3.63) is 152 Å². The fourth-order valence-corrected chi connectivity index (χ4v) is 5.95. The van der Waals surface area contributed by atoms with Gasteiger partial charge in [0.2, 0.25) is 0 Å². The molecule has 0 aliphatic carbocycles. The average molecular weight is 524 g/mol. The topological polar surface area (TPSA) is 30.7 Å². The van der Waals surface area contributed by atoms with Crippen molar-refractivity contribution in [1.82, 2.24) is 14.5 Å². The first-order chi connectivity index (χ1) is 20.3. The Hall–Kier alpha value is -5.54. The van der Waals surface area contributed by atoms with E-state index in [1.807, 2.05) is 18.5 Å². The summed E-state index contributed by atoms with van der Waals surface area (Å²) in [5, 5.41) is 4.79. The lowest BCUT2D eigenvalue weighted by Gasteiger charge is -2.12. The maximum absolute atomic E-state index is 4.79. The third kappa shape index (κ3) is 3.98. The van der Waals surface area contributed by atoms with Crippen molar-refractivity contribution in [1.29, 1.82) is 0 Å². The van der Waals surface area contributed by atoms with Gasteiger partial charge < -0.3 is 4.57 Å². The zero-order valence-corrected chi connectivity index (χ0v) is 22.3. The Balaban J connectivity index is 1.32. The molecule has 3 aromatic heterocycles. The van der Waals surface area contributed by atoms with Crippen LogP contribution >= 0.6 is 0 Å². The predicted octanol–water partition coefficient (Wildman–Crippen LogP) is 9.73. The molecule has 192 valence electrons. The van der Waals surface area contributed by atoms with E-state index in [0.29, 0.717) is 0 Å². The molecular weight excluding hydrogens is 498 g/mol. The van der Waals surface area contributed by atoms with Gasteiger partial charge in [-0.25, -0.2) is 0 Å². The molecular formula is C38H25N3. The summed E-state index contributed by atoms with van der Waals surface area (Å²) in [5.74, 6) is 0. The van der Waals surface area contributed by atoms with Crippen LogP contribution in [0.2, 0.25) is 0 Å². The number of pyridine rings is 2. The molecule has 0 unspecified atom stereocenters. The minimum absolute atomic E-state index is 0.957. The first-order valence-electron chi connectivity index (χ1n) is 13.8. The van der Waals surface area contributed by atoms with Gasteiger partial charge in [-0.2, -0.15) is 0 Å². The summed E-state index contributed by atoms with van der Waals surface area (Å²) in [4.78, 5) is 9.56. The normalized spacial score (nSPS) is 11.4. The minimum atomic E-state index is 0.957. The second-order valence-corrected chi connectivity index (χ2v) is 10.3. The van der Waals surface area contributed by atoms with Gasteiger partial charge in [-0.3, -0.25) is 9.97 Å². The van der Waals surface area contributed by atoms with Gasteiger partial charge in [-0.05, 0) is 59.0 Å². The molecule has 0 fully saturated rings. The van der Waals surface area contributed by atoms with Crippen molar-refractivity contribution in [3.8, 4) is 39.3 Å². The van der Waals surface area contributed by atoms with Gasteiger partial charge in [0.05, 0.1) is 22.4 Å². The second kappa shape index (κ2) is 9.58. The molecule has 0 saturated carbocycles. The molecule has 0 spiro atoms. The van der Waals surface area contributed by atoms with Crippen LogP contribution in [0.3, 0.4) is 0 Å². The van der Waals surface area contributed by atoms with Gasteiger partial charge >= 0.3 is 0 Å². The first kappa shape index (κ1) is 23.4. The van der Waals surface area contributed by atoms with E-state index in [1.165, 1.54) is 27.2 Å². The van der Waals surface area contributed by atoms with Gasteiger partial charge in [0, 0.05) is 45.4 Å². The Morgan fingerprint density at radius 1 is 0.415 bits per heavy atom. The van der Waals surface area contributed by atoms with Crippen LogP contribution < -0.4 is 0 Å². The molecule has 3 heterocycles. The Morgan fingerprint density at radius 2 is 1.17 bits per heavy atom. The lowest BCUT2D eigenvalue weighted by molar-refractivity contribution is 1.18. The van der Waals surface area contributed by atoms with Crippen molar-refractivity contribution in [2.24, 2.45) is 0 Å². The van der Waals surface area contributed by atoms with Crippen molar-refractivity contribution in [3.63, 3.8) is 0 Å². The number of hydrogen-bond acceptors (Lipinski definition) is 2. The maximum atomic E-state index is 4.79. The molecule has 8 aromatic rings. The van der Waals surface area contributed by atoms with E-state index < -0.39 is 0 Å². The Morgan fingerprint density at radius 3 is 2.10 bits per heavy atom. The van der Waals surface area contributed by atoms with Crippen LogP contribution in [0.1, 0.15) is 0 Å². The minimum Gasteiger partial charge on any atom is -0.309 e. The van der Waals surface area contributed by atoms with E-state index in [2.05, 4.69) is 138 Å². The standard InChI is InChI=1S/C38H25N3/c1-2-9-26(10-3-1)28-20-21-39-35(24-28)29-17-18-34-33-15-6-7-16-36(33)41(37(34)25-29)31-13-8-12-30(23-31)38-32-14-5-4-11-27(32)19-22-40-38/h1-25H. The molecule has 0 aliphatic rings. The lowest BCUT2D eigenvalue weighted by atomic mass is 10.0. The fraction of sp³-hybridized carbons (Fsp3) is 0. The summed E-state index contributed by atoms with van der Waals surface area (Å²) in [6.07, 6.45) is 3.80. The first-order valence-corrected chi connectivity index (χ1v) is 13.8. The molecule has 0 radical (unpaired) electrons. The number of para-hydroxylation sites is 1. The van der Waals surface area contributed by atoms with E-state index in [0.717, 1.165) is 44.7 Å². The molecule has 0 N–H and O–H groups in total. The molecule has 3 nitrogen and oxygen atoms in total. The Kier molecular flexibility index (Phi) is 5.46. The molecule has 5 aromatic carbocycles. The number of fused-ring (bicyclic) bond motifs is 4. The van der Waals surface area contributed by atoms with Gasteiger partial charge in [0.15, 0.2) is 0 Å². The van der Waals surface area contributed by atoms with Crippen LogP contribution in [0.5, 0.6) is 0 Å². The van der Waals surface area contributed by atoms with E-state index in [-0.39, 0.29) is 0 Å². The average Bonchev–Trinajstić information content (AvgIpc) is 3.39. The van der Waals surface area contributed by atoms with Crippen LogP contribution in [0.4, 0.5) is 0 Å². The predicted molar refractivity (Wildman–Crippen MR) is 170 cm³/mol. The van der Waals surface area contributed by atoms with Crippen molar-refractivity contribution in [2.45, 2.75) is 0 Å². The highest BCUT2D eigenvalue weighted by molar-refractivity contribution is 6.10. The van der Waals surface area contributed by atoms with Crippen LogP contribution in [0, 0.1) is 0 Å². The number of nitrogens with zero attached hydrogens (tertiary/aromatic N) is 3. The summed E-state index contributed by atoms with van der Waals surface area (Å²) in [6.45, 7) is 0. The highest BCUT2D eigenvalue weighted by atomic mass is 15.0. The second-order valence-electron chi connectivity index (χ2n) is 10.3. The van der Waals surface area contributed by atoms with Crippen molar-refractivity contribution < 1.29 is 0 Å². The zero-order valence-electron chi connectivity index (χ0n) is 22.3. The number of benzene rings is 5. The molecule has 0 aliphatic heterocycles. The molecule has 3 heteroatoms. The summed E-state index contributed by atoms with van der Waals surface area (Å²) in [5.41, 5.74) is 9.91. The van der Waals surface area contributed by atoms with E-state index in [1.54, 1.807) is 0 Å². The van der Waals surface area contributed by atoms with Crippen molar-refractivity contribution >= 4 is 32.6 Å². The number of aromatic nitrogens is 3. The van der Waals surface area contributed by atoms with Gasteiger partial charge in [-0.15, -0.1) is 0 Å². The SMILES string of the molecule is c1ccc(-c2ccnc(-c3ccc4c5ccccc5n(-c5cccc(-c6nccc7ccccc67)c5)c4c3)c2)cc1. The monoisotopic (exact) mass is 523 g/mol. The zero-order chi connectivity index (χ0) is 27.2. The van der Waals surface area contributed by atoms with Crippen LogP contribution in [0.25, 0.3) is 71.9 Å². The smallest absolute Gasteiger partial charge is 0.0781 e. The fourth-order valence-electron chi connectivity index (χ4n) is 5.95. The van der Waals surface area contributed by atoms with Gasteiger partial charge in [0.1, 0.15) is 0 Å². The molecule has 0 saturated heterocycles. The highest BCUT2D eigenvalue weighted by Gasteiger charge is 2.15. The number of hydrogen-bond donors (Lipinski definition) is 0. The van der Waals surface area contributed by atoms with Gasteiger partial charge in [0.25, 0.3) is 0 Å². The third-order valence-electron chi connectivity index (χ3n) is 7.89. The quantitative estimate of drug-likeness (QED) is 0.230. The molecule has 0 bridgehead atoms. The summed E-state index contributed by atoms with van der Waals surface area (Å²) in [6, 6.07) is 49.2. The lowest BCUT2D eigenvalue weighted by Crippen LogP contribution is -1.95. The van der Waals surface area contributed by atoms with E-state index in [4.69, 9.17) is 9.97 Å². The van der Waals surface area contributed by atoms with Crippen molar-refractivity contribution in [2.75, 3.05) is 0 Å².